The van der Waals surface area contributed by atoms with Gasteiger partial charge in [-0.2, -0.15) is 0 Å². The molecule has 0 fully saturated rings. The fourth-order valence-electron chi connectivity index (χ4n) is 1.49. The Morgan fingerprint density at radius 3 is 2.94 bits per heavy atom. The normalized spacial score (nSPS) is 11.9. The van der Waals surface area contributed by atoms with Gasteiger partial charge in [-0.15, -0.1) is 16.8 Å². The summed E-state index contributed by atoms with van der Waals surface area (Å²) in [6.07, 6.45) is 0.898. The number of nitrogens with zero attached hydrogens (tertiary/aromatic N) is 3. The Morgan fingerprint density at radius 1 is 1.41 bits per heavy atom. The third kappa shape index (κ3) is 3.07. The maximum Gasteiger partial charge on any atom is 0.133 e. The van der Waals surface area contributed by atoms with Crippen molar-refractivity contribution in [3.8, 4) is 0 Å². The molecular formula is C11H15N3OS2. The van der Waals surface area contributed by atoms with Crippen molar-refractivity contribution in [1.29, 1.82) is 0 Å². The highest BCUT2D eigenvalue weighted by atomic mass is 33.1. The monoisotopic (exact) mass is 269 g/mol. The van der Waals surface area contributed by atoms with E-state index >= 15 is 0 Å². The smallest absolute Gasteiger partial charge is 0.133 e. The molecule has 2 rings (SSSR count). The highest BCUT2D eigenvalue weighted by molar-refractivity contribution is 8.68. The Labute approximate surface area is 109 Å². The first-order valence-electron chi connectivity index (χ1n) is 5.39. The highest BCUT2D eigenvalue weighted by Crippen LogP contribution is 2.18. The molecule has 0 amide bonds. The van der Waals surface area contributed by atoms with E-state index < -0.39 is 0 Å². The average molecular weight is 269 g/mol. The lowest BCUT2D eigenvalue weighted by atomic mass is 10.1. The number of benzene rings is 1. The molecule has 92 valence electrons. The van der Waals surface area contributed by atoms with Crippen molar-refractivity contribution in [2.24, 2.45) is 0 Å². The zero-order valence-corrected chi connectivity index (χ0v) is 11.5. The number of rotatable bonds is 5. The van der Waals surface area contributed by atoms with Gasteiger partial charge in [0.25, 0.3) is 0 Å². The lowest BCUT2D eigenvalue weighted by Crippen LogP contribution is -2.36. The van der Waals surface area contributed by atoms with Crippen molar-refractivity contribution < 1.29 is 4.84 Å². The maximum atomic E-state index is 5.85. The molecule has 0 saturated carbocycles. The van der Waals surface area contributed by atoms with Crippen LogP contribution in [0.25, 0.3) is 11.0 Å². The Bertz CT molecular complexity index is 498. The van der Waals surface area contributed by atoms with Gasteiger partial charge in [-0.3, -0.25) is 0 Å². The standard InChI is InChI=1S/C11H15N3OS2/c1-11(2,7-8-17-16)15-14-10-6-4-3-5-9(10)12-13-14/h3-6,16H,7-8H2,1-2H3. The summed E-state index contributed by atoms with van der Waals surface area (Å²) in [5.74, 6) is 0.933. The number of hydrogen-bond donors (Lipinski definition) is 1. The summed E-state index contributed by atoms with van der Waals surface area (Å²) in [7, 11) is 1.51. The van der Waals surface area contributed by atoms with Crippen LogP contribution in [-0.2, 0) is 0 Å². The Kier molecular flexibility index (Phi) is 3.83. The number of hydrogen-bond acceptors (Lipinski definition) is 5. The van der Waals surface area contributed by atoms with Crippen LogP contribution in [0.3, 0.4) is 0 Å². The first-order chi connectivity index (χ1) is 8.12. The van der Waals surface area contributed by atoms with Gasteiger partial charge in [-0.1, -0.05) is 27.8 Å². The minimum absolute atomic E-state index is 0.286. The molecule has 1 aromatic heterocycles. The van der Waals surface area contributed by atoms with E-state index in [0.29, 0.717) is 0 Å². The molecule has 0 unspecified atom stereocenters. The van der Waals surface area contributed by atoms with Crippen LogP contribution < -0.4 is 4.84 Å². The number of para-hydroxylation sites is 1. The van der Waals surface area contributed by atoms with E-state index in [4.69, 9.17) is 4.84 Å². The molecule has 0 radical (unpaired) electrons. The van der Waals surface area contributed by atoms with Gasteiger partial charge in [-0.25, -0.2) is 0 Å². The van der Waals surface area contributed by atoms with E-state index in [1.54, 1.807) is 0 Å². The van der Waals surface area contributed by atoms with Crippen LogP contribution in [0.4, 0.5) is 0 Å². The molecular weight excluding hydrogens is 254 g/mol. The Balaban J connectivity index is 2.18. The van der Waals surface area contributed by atoms with Crippen molar-refractivity contribution >= 4 is 33.5 Å². The van der Waals surface area contributed by atoms with Crippen LogP contribution in [0.15, 0.2) is 24.3 Å². The van der Waals surface area contributed by atoms with Gasteiger partial charge < -0.3 is 4.84 Å². The second-order valence-corrected chi connectivity index (χ2v) is 5.83. The summed E-state index contributed by atoms with van der Waals surface area (Å²) in [5.41, 5.74) is 1.44. The molecule has 17 heavy (non-hydrogen) atoms. The van der Waals surface area contributed by atoms with E-state index in [9.17, 15) is 0 Å². The molecule has 0 aliphatic rings. The minimum atomic E-state index is -0.286. The van der Waals surface area contributed by atoms with Crippen LogP contribution >= 0.6 is 22.5 Å². The number of fused-ring (bicyclic) bond motifs is 1. The first kappa shape index (κ1) is 12.6. The summed E-state index contributed by atoms with van der Waals surface area (Å²) in [4.78, 5) is 7.35. The third-order valence-corrected chi connectivity index (χ3v) is 3.38. The summed E-state index contributed by atoms with van der Waals surface area (Å²) in [6.45, 7) is 4.07. The molecule has 1 heterocycles. The highest BCUT2D eigenvalue weighted by Gasteiger charge is 2.21. The van der Waals surface area contributed by atoms with E-state index in [0.717, 1.165) is 23.2 Å². The second-order valence-electron chi connectivity index (χ2n) is 4.39. The van der Waals surface area contributed by atoms with Crippen LogP contribution in [-0.4, -0.2) is 26.5 Å². The third-order valence-electron chi connectivity index (χ3n) is 2.45. The lowest BCUT2D eigenvalue weighted by Gasteiger charge is -2.24. The van der Waals surface area contributed by atoms with Gasteiger partial charge in [0.15, 0.2) is 0 Å². The summed E-state index contributed by atoms with van der Waals surface area (Å²) < 4.78 is 0. The first-order valence-corrected chi connectivity index (χ1v) is 7.42. The lowest BCUT2D eigenvalue weighted by molar-refractivity contribution is -0.0434. The van der Waals surface area contributed by atoms with Gasteiger partial charge in [0.2, 0.25) is 0 Å². The maximum absolute atomic E-state index is 5.85. The molecule has 0 bridgehead atoms. The van der Waals surface area contributed by atoms with E-state index in [-0.39, 0.29) is 5.60 Å². The van der Waals surface area contributed by atoms with Crippen molar-refractivity contribution in [3.63, 3.8) is 0 Å². The van der Waals surface area contributed by atoms with Crippen LogP contribution in [0.2, 0.25) is 0 Å². The van der Waals surface area contributed by atoms with Gasteiger partial charge in [-0.05, 0) is 37.6 Å². The van der Waals surface area contributed by atoms with Crippen LogP contribution in [0.1, 0.15) is 20.3 Å². The SMILES string of the molecule is CC(C)(CCSS)On1nnc2ccccc21. The molecule has 0 aliphatic carbocycles. The van der Waals surface area contributed by atoms with Crippen LogP contribution in [0.5, 0.6) is 0 Å². The average Bonchev–Trinajstić information content (AvgIpc) is 2.70. The fraction of sp³-hybridized carbons (Fsp3) is 0.455. The van der Waals surface area contributed by atoms with Crippen molar-refractivity contribution in [2.75, 3.05) is 5.75 Å². The number of aromatic nitrogens is 3. The summed E-state index contributed by atoms with van der Waals surface area (Å²) in [6, 6.07) is 7.74. The van der Waals surface area contributed by atoms with Gasteiger partial charge >= 0.3 is 0 Å². The predicted octanol–water partition coefficient (Wildman–Crippen LogP) is 2.61. The molecule has 4 nitrogen and oxygen atoms in total. The quantitative estimate of drug-likeness (QED) is 0.669. The second kappa shape index (κ2) is 5.18. The van der Waals surface area contributed by atoms with Gasteiger partial charge in [0.05, 0.1) is 0 Å². The topological polar surface area (TPSA) is 39.9 Å². The van der Waals surface area contributed by atoms with Gasteiger partial charge in [0, 0.05) is 5.75 Å². The van der Waals surface area contributed by atoms with E-state index in [2.05, 4.69) is 22.0 Å². The molecule has 0 saturated heterocycles. The molecule has 2 aromatic rings. The molecule has 0 N–H and O–H groups in total. The Hall–Kier alpha value is -0.880. The zero-order chi connectivity index (χ0) is 12.3. The molecule has 0 aliphatic heterocycles. The van der Waals surface area contributed by atoms with Gasteiger partial charge in [0.1, 0.15) is 16.6 Å². The predicted molar refractivity (Wildman–Crippen MR) is 74.2 cm³/mol. The zero-order valence-electron chi connectivity index (χ0n) is 9.83. The molecule has 0 spiro atoms. The molecule has 0 atom stereocenters. The molecule has 1 aromatic carbocycles. The van der Waals surface area contributed by atoms with Crippen molar-refractivity contribution in [3.05, 3.63) is 24.3 Å². The van der Waals surface area contributed by atoms with Crippen LogP contribution in [0, 0.1) is 0 Å². The van der Waals surface area contributed by atoms with Crippen molar-refractivity contribution in [1.82, 2.24) is 15.2 Å². The number of thiol groups is 1. The minimum Gasteiger partial charge on any atom is -0.389 e. The van der Waals surface area contributed by atoms with Crippen molar-refractivity contribution in [2.45, 2.75) is 25.9 Å². The molecule has 6 heteroatoms. The fourth-order valence-corrected chi connectivity index (χ4v) is 2.34. The summed E-state index contributed by atoms with van der Waals surface area (Å²) >= 11 is 4.13. The summed E-state index contributed by atoms with van der Waals surface area (Å²) in [5, 5.41) is 8.06. The Morgan fingerprint density at radius 2 is 2.18 bits per heavy atom. The largest absolute Gasteiger partial charge is 0.389 e. The van der Waals surface area contributed by atoms with E-state index in [1.807, 2.05) is 38.1 Å². The van der Waals surface area contributed by atoms with E-state index in [1.165, 1.54) is 15.6 Å².